The van der Waals surface area contributed by atoms with E-state index in [9.17, 15) is 9.59 Å². The molecule has 0 bridgehead atoms. The lowest BCUT2D eigenvalue weighted by Crippen LogP contribution is -2.54. The van der Waals surface area contributed by atoms with Crippen LogP contribution in [-0.2, 0) is 4.79 Å². The molecule has 1 saturated heterocycles. The number of hydrogen-bond acceptors (Lipinski definition) is 6. The maximum absolute atomic E-state index is 14.0. The van der Waals surface area contributed by atoms with Gasteiger partial charge >= 0.3 is 5.69 Å². The van der Waals surface area contributed by atoms with Gasteiger partial charge in [-0.2, -0.15) is 4.98 Å². The van der Waals surface area contributed by atoms with E-state index in [4.69, 9.17) is 33.9 Å². The number of aromatic nitrogens is 4. The molecule has 2 aromatic heterocycles. The predicted molar refractivity (Wildman–Crippen MR) is 174 cm³/mol. The van der Waals surface area contributed by atoms with Crippen molar-refractivity contribution in [3.05, 3.63) is 87.4 Å². The van der Waals surface area contributed by atoms with Gasteiger partial charge < -0.3 is 20.5 Å². The van der Waals surface area contributed by atoms with Crippen molar-refractivity contribution in [2.24, 2.45) is 0 Å². The normalized spacial score (nSPS) is 15.5. The number of para-hydroxylation sites is 1. The highest BCUT2D eigenvalue weighted by Gasteiger charge is 2.30. The SMILES string of the molecule is C=CC(=O)N1CCN(c2nc(=O)n(-c3ccccc3C(C)C)c3nc(-c4[nH]c(Cl)cc5cc(N)cc4-5)c(Cl)cc23)[C@@H](C)C1. The number of aromatic amines is 1. The van der Waals surface area contributed by atoms with Gasteiger partial charge in [0.25, 0.3) is 0 Å². The van der Waals surface area contributed by atoms with Crippen molar-refractivity contribution in [3.8, 4) is 28.2 Å². The van der Waals surface area contributed by atoms with E-state index in [-0.39, 0.29) is 17.9 Å². The van der Waals surface area contributed by atoms with Crippen molar-refractivity contribution in [1.82, 2.24) is 24.4 Å². The monoisotopic (exact) mass is 615 g/mol. The van der Waals surface area contributed by atoms with Crippen molar-refractivity contribution in [2.45, 2.75) is 32.7 Å². The molecular weight excluding hydrogens is 585 g/mol. The van der Waals surface area contributed by atoms with Crippen LogP contribution in [0.15, 0.2) is 66.0 Å². The molecule has 0 spiro atoms. The molecule has 43 heavy (non-hydrogen) atoms. The minimum atomic E-state index is -0.467. The van der Waals surface area contributed by atoms with Gasteiger partial charge in [0, 0.05) is 36.9 Å². The average molecular weight is 617 g/mol. The van der Waals surface area contributed by atoms with Crippen LogP contribution in [-0.4, -0.2) is 56.0 Å². The number of halogens is 2. The number of carbonyl (C=O) groups excluding carboxylic acids is 1. The van der Waals surface area contributed by atoms with Crippen molar-refractivity contribution < 1.29 is 4.79 Å². The first-order valence-corrected chi connectivity index (χ1v) is 14.8. The second-order valence-electron chi connectivity index (χ2n) is 11.1. The van der Waals surface area contributed by atoms with Gasteiger partial charge in [0.1, 0.15) is 16.7 Å². The number of piperazine rings is 1. The molecule has 4 heterocycles. The number of nitrogen functional groups attached to an aromatic ring is 1. The molecule has 1 fully saturated rings. The average Bonchev–Trinajstić information content (AvgIpc) is 3.35. The fourth-order valence-corrected chi connectivity index (χ4v) is 6.39. The van der Waals surface area contributed by atoms with Crippen LogP contribution in [0, 0.1) is 0 Å². The third-order valence-corrected chi connectivity index (χ3v) is 8.46. The Hall–Kier alpha value is -4.34. The zero-order valence-corrected chi connectivity index (χ0v) is 25.6. The number of nitrogens with two attached hydrogens (primary N) is 1. The van der Waals surface area contributed by atoms with E-state index in [1.807, 2.05) is 48.2 Å². The molecule has 9 nitrogen and oxygen atoms in total. The lowest BCUT2D eigenvalue weighted by molar-refractivity contribution is -0.126. The van der Waals surface area contributed by atoms with Crippen LogP contribution in [0.4, 0.5) is 11.5 Å². The lowest BCUT2D eigenvalue weighted by Gasteiger charge is -2.40. The summed E-state index contributed by atoms with van der Waals surface area (Å²) in [4.78, 5) is 43.0. The molecule has 3 aromatic rings. The van der Waals surface area contributed by atoms with Crippen molar-refractivity contribution >= 4 is 51.6 Å². The molecule has 220 valence electrons. The smallest absolute Gasteiger partial charge is 0.355 e. The molecule has 6 rings (SSSR count). The maximum Gasteiger partial charge on any atom is 0.355 e. The van der Waals surface area contributed by atoms with Gasteiger partial charge in [0.15, 0.2) is 5.65 Å². The van der Waals surface area contributed by atoms with Crippen LogP contribution in [0.3, 0.4) is 0 Å². The number of fused-ring (bicyclic) bond motifs is 2. The van der Waals surface area contributed by atoms with Crippen LogP contribution >= 0.6 is 23.2 Å². The summed E-state index contributed by atoms with van der Waals surface area (Å²) in [5.74, 6) is 0.472. The van der Waals surface area contributed by atoms with Crippen molar-refractivity contribution in [2.75, 3.05) is 30.3 Å². The third kappa shape index (κ3) is 5.02. The molecule has 11 heteroatoms. The molecule has 2 aliphatic heterocycles. The Kier molecular flexibility index (Phi) is 7.40. The number of pyridine rings is 2. The van der Waals surface area contributed by atoms with E-state index >= 15 is 0 Å². The third-order valence-electron chi connectivity index (χ3n) is 7.96. The Labute approximate surface area is 258 Å². The molecule has 3 N–H and O–H groups in total. The Morgan fingerprint density at radius 3 is 2.63 bits per heavy atom. The van der Waals surface area contributed by atoms with Crippen LogP contribution in [0.5, 0.6) is 0 Å². The van der Waals surface area contributed by atoms with Crippen LogP contribution in [0.1, 0.15) is 32.3 Å². The van der Waals surface area contributed by atoms with Crippen molar-refractivity contribution in [1.29, 1.82) is 0 Å². The summed E-state index contributed by atoms with van der Waals surface area (Å²) in [6, 6.07) is 14.9. The first-order chi connectivity index (χ1) is 20.6. The van der Waals surface area contributed by atoms with Gasteiger partial charge in [-0.25, -0.2) is 14.3 Å². The Morgan fingerprint density at radius 1 is 1.14 bits per heavy atom. The van der Waals surface area contributed by atoms with Gasteiger partial charge in [0.05, 0.1) is 21.8 Å². The summed E-state index contributed by atoms with van der Waals surface area (Å²) in [5, 5.41) is 1.36. The first-order valence-electron chi connectivity index (χ1n) is 14.1. The number of nitrogens with zero attached hydrogens (tertiary/aromatic N) is 5. The van der Waals surface area contributed by atoms with Crippen LogP contribution < -0.4 is 16.3 Å². The van der Waals surface area contributed by atoms with Gasteiger partial charge in [-0.15, -0.1) is 0 Å². The summed E-state index contributed by atoms with van der Waals surface area (Å²) in [6.45, 7) is 11.2. The number of carbonyl (C=O) groups is 1. The van der Waals surface area contributed by atoms with Crippen LogP contribution in [0.2, 0.25) is 10.2 Å². The number of amides is 1. The first kappa shape index (κ1) is 28.8. The maximum atomic E-state index is 14.0. The lowest BCUT2D eigenvalue weighted by atomic mass is 10.0. The molecule has 0 saturated carbocycles. The molecule has 1 atom stereocenters. The van der Waals surface area contributed by atoms with Crippen molar-refractivity contribution in [3.63, 3.8) is 0 Å². The standard InChI is InChI=1S/C32H31Cl2N7O2/c1-5-27(42)39-10-11-40(18(4)16-39)30-23-15-24(33)29(28-22-14-20(35)12-19(22)13-26(34)36-28)37-31(23)41(32(43)38-30)25-9-7-6-8-21(25)17(2)3/h5-9,12-15,17-18,36H,1,10-11,16,35H2,2-4H3/t18-/m0/s1. The molecule has 0 unspecified atom stereocenters. The second-order valence-corrected chi connectivity index (χ2v) is 12.0. The minimum absolute atomic E-state index is 0.127. The van der Waals surface area contributed by atoms with Gasteiger partial charge in [0.2, 0.25) is 5.91 Å². The quantitative estimate of drug-likeness (QED) is 0.182. The van der Waals surface area contributed by atoms with Gasteiger partial charge in [-0.3, -0.25) is 4.79 Å². The highest BCUT2D eigenvalue weighted by Crippen LogP contribution is 2.41. The number of H-pyrrole nitrogens is 1. The molecular formula is C32H31Cl2N7O2. The van der Waals surface area contributed by atoms with E-state index in [2.05, 4.69) is 30.4 Å². The Morgan fingerprint density at radius 2 is 1.91 bits per heavy atom. The van der Waals surface area contributed by atoms with Crippen LogP contribution in [0.25, 0.3) is 39.2 Å². The largest absolute Gasteiger partial charge is 0.399 e. The minimum Gasteiger partial charge on any atom is -0.399 e. The zero-order chi connectivity index (χ0) is 30.6. The summed E-state index contributed by atoms with van der Waals surface area (Å²) in [6.07, 6.45) is 1.32. The van der Waals surface area contributed by atoms with E-state index in [1.165, 1.54) is 6.08 Å². The van der Waals surface area contributed by atoms with E-state index in [1.54, 1.807) is 21.6 Å². The predicted octanol–water partition coefficient (Wildman–Crippen LogP) is 6.12. The number of benzene rings is 1. The fourth-order valence-electron chi connectivity index (χ4n) is 5.93. The molecule has 1 amide bonds. The number of nitrogens with one attached hydrogen (secondary N) is 1. The highest BCUT2D eigenvalue weighted by molar-refractivity contribution is 6.34. The fraction of sp³-hybridized carbons (Fsp3) is 0.250. The topological polar surface area (TPSA) is 113 Å². The van der Waals surface area contributed by atoms with E-state index in [0.717, 1.165) is 16.7 Å². The van der Waals surface area contributed by atoms with Gasteiger partial charge in [-0.05, 0) is 60.4 Å². The molecule has 3 aliphatic rings. The molecule has 1 aliphatic carbocycles. The highest BCUT2D eigenvalue weighted by atomic mass is 35.5. The summed E-state index contributed by atoms with van der Waals surface area (Å²) in [5.41, 5.74) is 11.0. The van der Waals surface area contributed by atoms with Gasteiger partial charge in [-0.1, -0.05) is 61.8 Å². The number of rotatable bonds is 5. The summed E-state index contributed by atoms with van der Waals surface area (Å²) >= 11 is 13.5. The van der Waals surface area contributed by atoms with E-state index in [0.29, 0.717) is 69.4 Å². The zero-order valence-electron chi connectivity index (χ0n) is 24.1. The number of hydrogen-bond donors (Lipinski definition) is 2. The van der Waals surface area contributed by atoms with E-state index < -0.39 is 5.69 Å². The Balaban J connectivity index is 1.63. The summed E-state index contributed by atoms with van der Waals surface area (Å²) in [7, 11) is 0. The Bertz CT molecular complexity index is 1930. The second kappa shape index (κ2) is 11.1. The molecule has 1 aromatic carbocycles. The summed E-state index contributed by atoms with van der Waals surface area (Å²) < 4.78 is 1.55. The number of anilines is 2. The molecule has 0 radical (unpaired) electrons.